The van der Waals surface area contributed by atoms with Gasteiger partial charge in [-0.15, -0.1) is 0 Å². The van der Waals surface area contributed by atoms with Crippen molar-refractivity contribution in [2.75, 3.05) is 13.7 Å². The fraction of sp³-hybridized carbons (Fsp3) is 0.438. The van der Waals surface area contributed by atoms with Gasteiger partial charge in [-0.2, -0.15) is 0 Å². The molecule has 8 heteroatoms. The molecule has 1 aliphatic rings. The second-order valence-electron chi connectivity index (χ2n) is 5.40. The molecule has 0 unspecified atom stereocenters. The fourth-order valence-corrected chi connectivity index (χ4v) is 2.80. The van der Waals surface area contributed by atoms with Crippen LogP contribution in [0.4, 0.5) is 0 Å². The highest BCUT2D eigenvalue weighted by Crippen LogP contribution is 2.22. The van der Waals surface area contributed by atoms with Crippen molar-refractivity contribution in [1.29, 1.82) is 0 Å². The van der Waals surface area contributed by atoms with Crippen molar-refractivity contribution >= 4 is 11.9 Å². The van der Waals surface area contributed by atoms with Crippen molar-refractivity contribution in [1.82, 2.24) is 15.0 Å². The second kappa shape index (κ2) is 6.88. The van der Waals surface area contributed by atoms with Gasteiger partial charge in [-0.3, -0.25) is 4.79 Å². The SMILES string of the molecule is CCc1nocc1C(=O)NCc1cc(C(=O)OC)c2n1CCOC2. The summed E-state index contributed by atoms with van der Waals surface area (Å²) in [6, 6.07) is 1.74. The van der Waals surface area contributed by atoms with Crippen molar-refractivity contribution < 1.29 is 23.6 Å². The minimum absolute atomic E-state index is 0.254. The summed E-state index contributed by atoms with van der Waals surface area (Å²) < 4.78 is 17.1. The number of methoxy groups -OCH3 is 1. The highest BCUT2D eigenvalue weighted by Gasteiger charge is 2.24. The summed E-state index contributed by atoms with van der Waals surface area (Å²) in [5.74, 6) is -0.663. The Bertz CT molecular complexity index is 762. The maximum Gasteiger partial charge on any atom is 0.339 e. The summed E-state index contributed by atoms with van der Waals surface area (Å²) in [7, 11) is 1.34. The number of carbonyl (C=O) groups is 2. The normalized spacial score (nSPS) is 13.4. The number of aromatic nitrogens is 2. The van der Waals surface area contributed by atoms with Gasteiger partial charge in [-0.1, -0.05) is 12.1 Å². The number of esters is 1. The third kappa shape index (κ3) is 2.92. The number of nitrogens with zero attached hydrogens (tertiary/aromatic N) is 2. The Hall–Kier alpha value is -2.61. The summed E-state index contributed by atoms with van der Waals surface area (Å²) in [6.07, 6.45) is 1.96. The summed E-state index contributed by atoms with van der Waals surface area (Å²) in [6.45, 7) is 3.74. The summed E-state index contributed by atoms with van der Waals surface area (Å²) >= 11 is 0. The second-order valence-corrected chi connectivity index (χ2v) is 5.40. The van der Waals surface area contributed by atoms with E-state index in [1.54, 1.807) is 6.07 Å². The van der Waals surface area contributed by atoms with E-state index in [2.05, 4.69) is 10.5 Å². The Kier molecular flexibility index (Phi) is 4.66. The van der Waals surface area contributed by atoms with Gasteiger partial charge in [0.2, 0.25) is 0 Å². The maximum atomic E-state index is 12.3. The van der Waals surface area contributed by atoms with Crippen LogP contribution in [-0.2, 0) is 35.6 Å². The molecule has 1 amide bonds. The van der Waals surface area contributed by atoms with Crippen LogP contribution in [0, 0.1) is 0 Å². The average molecular weight is 333 g/mol. The number of fused-ring (bicyclic) bond motifs is 1. The first-order valence-electron chi connectivity index (χ1n) is 7.74. The molecule has 1 aliphatic heterocycles. The predicted molar refractivity (Wildman–Crippen MR) is 82.5 cm³/mol. The van der Waals surface area contributed by atoms with Crippen LogP contribution >= 0.6 is 0 Å². The standard InChI is InChI=1S/C16H19N3O5/c1-3-13-12(8-24-18-13)15(20)17-7-10-6-11(16(21)22-2)14-9-23-5-4-19(10)14/h6,8H,3-5,7,9H2,1-2H3,(H,17,20). The third-order valence-electron chi connectivity index (χ3n) is 4.05. The lowest BCUT2D eigenvalue weighted by atomic mass is 10.2. The van der Waals surface area contributed by atoms with Gasteiger partial charge in [0.15, 0.2) is 0 Å². The highest BCUT2D eigenvalue weighted by atomic mass is 16.5. The van der Waals surface area contributed by atoms with E-state index in [-0.39, 0.29) is 12.5 Å². The summed E-state index contributed by atoms with van der Waals surface area (Å²) in [5, 5.41) is 6.64. The fourth-order valence-electron chi connectivity index (χ4n) is 2.80. The molecule has 128 valence electrons. The molecule has 1 N–H and O–H groups in total. The van der Waals surface area contributed by atoms with Crippen LogP contribution in [0.5, 0.6) is 0 Å². The van der Waals surface area contributed by atoms with Crippen LogP contribution in [0.3, 0.4) is 0 Å². The Morgan fingerprint density at radius 2 is 2.25 bits per heavy atom. The van der Waals surface area contributed by atoms with E-state index in [9.17, 15) is 9.59 Å². The van der Waals surface area contributed by atoms with Crippen molar-refractivity contribution in [2.24, 2.45) is 0 Å². The molecule has 3 rings (SSSR count). The van der Waals surface area contributed by atoms with Crippen LogP contribution in [0.2, 0.25) is 0 Å². The third-order valence-corrected chi connectivity index (χ3v) is 4.05. The number of hydrogen-bond acceptors (Lipinski definition) is 6. The van der Waals surface area contributed by atoms with E-state index in [0.29, 0.717) is 43.0 Å². The molecule has 24 heavy (non-hydrogen) atoms. The molecule has 0 spiro atoms. The number of rotatable bonds is 5. The predicted octanol–water partition coefficient (Wildman–Crippen LogP) is 1.29. The van der Waals surface area contributed by atoms with Gasteiger partial charge in [0, 0.05) is 12.2 Å². The summed E-state index contributed by atoms with van der Waals surface area (Å²) in [5.41, 5.74) is 3.13. The van der Waals surface area contributed by atoms with E-state index in [0.717, 1.165) is 11.4 Å². The first kappa shape index (κ1) is 16.3. The molecule has 0 fully saturated rings. The van der Waals surface area contributed by atoms with E-state index >= 15 is 0 Å². The van der Waals surface area contributed by atoms with Crippen molar-refractivity contribution in [3.05, 3.63) is 40.5 Å². The van der Waals surface area contributed by atoms with E-state index in [1.165, 1.54) is 13.4 Å². The van der Waals surface area contributed by atoms with E-state index in [1.807, 2.05) is 11.5 Å². The van der Waals surface area contributed by atoms with E-state index < -0.39 is 5.97 Å². The van der Waals surface area contributed by atoms with Crippen molar-refractivity contribution in [3.8, 4) is 0 Å². The Balaban J connectivity index is 1.79. The molecule has 0 aromatic carbocycles. The first-order chi connectivity index (χ1) is 11.7. The number of nitrogens with one attached hydrogen (secondary N) is 1. The van der Waals surface area contributed by atoms with Gasteiger partial charge in [-0.05, 0) is 12.5 Å². The lowest BCUT2D eigenvalue weighted by Gasteiger charge is -2.19. The number of ether oxygens (including phenoxy) is 2. The monoisotopic (exact) mass is 333 g/mol. The van der Waals surface area contributed by atoms with Crippen LogP contribution in [0.25, 0.3) is 0 Å². The number of aryl methyl sites for hydroxylation is 1. The Morgan fingerprint density at radius 1 is 1.42 bits per heavy atom. The maximum absolute atomic E-state index is 12.3. The average Bonchev–Trinajstić information content (AvgIpc) is 3.23. The molecular formula is C16H19N3O5. The van der Waals surface area contributed by atoms with Gasteiger partial charge in [-0.25, -0.2) is 4.79 Å². The van der Waals surface area contributed by atoms with Gasteiger partial charge in [0.05, 0.1) is 43.8 Å². The lowest BCUT2D eigenvalue weighted by molar-refractivity contribution is 0.0574. The molecule has 3 heterocycles. The molecule has 8 nitrogen and oxygen atoms in total. The molecule has 0 saturated heterocycles. The Labute approximate surface area is 138 Å². The molecule has 0 aliphatic carbocycles. The minimum atomic E-state index is -0.408. The number of hydrogen-bond donors (Lipinski definition) is 1. The smallest absolute Gasteiger partial charge is 0.339 e. The Morgan fingerprint density at radius 3 is 3.00 bits per heavy atom. The van der Waals surface area contributed by atoms with Gasteiger partial charge in [0.25, 0.3) is 5.91 Å². The van der Waals surface area contributed by atoms with Gasteiger partial charge < -0.3 is 23.9 Å². The molecular weight excluding hydrogens is 314 g/mol. The first-order valence-corrected chi connectivity index (χ1v) is 7.74. The zero-order chi connectivity index (χ0) is 17.1. The zero-order valence-electron chi connectivity index (χ0n) is 13.6. The molecule has 0 bridgehead atoms. The van der Waals surface area contributed by atoms with Gasteiger partial charge >= 0.3 is 5.97 Å². The highest BCUT2D eigenvalue weighted by molar-refractivity contribution is 5.95. The van der Waals surface area contributed by atoms with Crippen LogP contribution < -0.4 is 5.32 Å². The summed E-state index contributed by atoms with van der Waals surface area (Å²) in [4.78, 5) is 24.2. The quantitative estimate of drug-likeness (QED) is 0.828. The molecule has 2 aromatic heterocycles. The van der Waals surface area contributed by atoms with Crippen LogP contribution in [0.1, 0.15) is 44.7 Å². The van der Waals surface area contributed by atoms with Crippen LogP contribution in [-0.4, -0.2) is 35.3 Å². The molecule has 0 atom stereocenters. The van der Waals surface area contributed by atoms with Crippen molar-refractivity contribution in [3.63, 3.8) is 0 Å². The zero-order valence-corrected chi connectivity index (χ0v) is 13.6. The molecule has 2 aromatic rings. The topological polar surface area (TPSA) is 95.6 Å². The van der Waals surface area contributed by atoms with E-state index in [4.69, 9.17) is 14.0 Å². The van der Waals surface area contributed by atoms with Crippen LogP contribution in [0.15, 0.2) is 16.9 Å². The van der Waals surface area contributed by atoms with Crippen molar-refractivity contribution in [2.45, 2.75) is 33.0 Å². The largest absolute Gasteiger partial charge is 0.465 e. The number of carbonyl (C=O) groups excluding carboxylic acids is 2. The number of amides is 1. The molecule has 0 saturated carbocycles. The molecule has 0 radical (unpaired) electrons. The lowest BCUT2D eigenvalue weighted by Crippen LogP contribution is -2.26. The minimum Gasteiger partial charge on any atom is -0.465 e. The van der Waals surface area contributed by atoms with Gasteiger partial charge in [0.1, 0.15) is 11.8 Å².